The van der Waals surface area contributed by atoms with Gasteiger partial charge in [-0.05, 0) is 27.2 Å². The van der Waals surface area contributed by atoms with Crippen LogP contribution in [-0.4, -0.2) is 33.6 Å². The molecule has 0 aliphatic heterocycles. The average Bonchev–Trinajstić information content (AvgIpc) is 2.78. The molecule has 5 nitrogen and oxygen atoms in total. The number of hydrogen-bond donors (Lipinski definition) is 1. The molecular weight excluding hydrogens is 260 g/mol. The third-order valence-corrected chi connectivity index (χ3v) is 6.72. The first-order valence-corrected chi connectivity index (χ1v) is 8.90. The van der Waals surface area contributed by atoms with Crippen molar-refractivity contribution in [2.45, 2.75) is 39.7 Å². The van der Waals surface area contributed by atoms with Crippen LogP contribution in [0.4, 0.5) is 0 Å². The van der Waals surface area contributed by atoms with E-state index in [1.165, 1.54) is 0 Å². The summed E-state index contributed by atoms with van der Waals surface area (Å²) in [7, 11) is -0.688. The van der Waals surface area contributed by atoms with Crippen LogP contribution in [-0.2, 0) is 20.3 Å². The summed E-state index contributed by atoms with van der Waals surface area (Å²) in [6.45, 7) is 9.92. The lowest BCUT2D eigenvalue weighted by atomic mass is 10.3. The van der Waals surface area contributed by atoms with E-state index in [1.807, 2.05) is 40.2 Å². The van der Waals surface area contributed by atoms with E-state index in [2.05, 4.69) is 16.5 Å². The van der Waals surface area contributed by atoms with Gasteiger partial charge in [-0.15, -0.1) is 0 Å². The van der Waals surface area contributed by atoms with E-state index in [-0.39, 0.29) is 5.54 Å². The van der Waals surface area contributed by atoms with Gasteiger partial charge in [-0.2, -0.15) is 0 Å². The van der Waals surface area contributed by atoms with Crippen LogP contribution in [0.2, 0.25) is 0 Å². The van der Waals surface area contributed by atoms with Crippen molar-refractivity contribution in [3.8, 4) is 0 Å². The predicted octanol–water partition coefficient (Wildman–Crippen LogP) is 1.92. The topological polar surface area (TPSA) is 47.4 Å². The lowest BCUT2D eigenvalue weighted by Gasteiger charge is -2.32. The number of hydrogen-bond acceptors (Lipinski definition) is 3. The Morgan fingerprint density at radius 3 is 1.95 bits per heavy atom. The maximum atomic E-state index is 6.00. The SMILES string of the molecule is CCO[Si](OCC)(OCC)C(CC)c1[nH]cc[n+]1C. The molecule has 0 amide bonds. The van der Waals surface area contributed by atoms with E-state index in [1.54, 1.807) is 0 Å². The van der Waals surface area contributed by atoms with E-state index in [9.17, 15) is 0 Å². The first-order chi connectivity index (χ1) is 9.15. The monoisotopic (exact) mass is 287 g/mol. The molecule has 0 spiro atoms. The number of imidazole rings is 1. The number of aryl methyl sites for hydroxylation is 1. The highest BCUT2D eigenvalue weighted by atomic mass is 28.4. The summed E-state index contributed by atoms with van der Waals surface area (Å²) in [5.41, 5.74) is 0.132. The first kappa shape index (κ1) is 16.4. The Morgan fingerprint density at radius 1 is 1.11 bits per heavy atom. The van der Waals surface area contributed by atoms with Crippen LogP contribution in [0.15, 0.2) is 12.4 Å². The fourth-order valence-electron chi connectivity index (χ4n) is 2.40. The van der Waals surface area contributed by atoms with Gasteiger partial charge in [-0.25, -0.2) is 9.55 Å². The molecule has 0 saturated heterocycles. The van der Waals surface area contributed by atoms with Gasteiger partial charge in [-0.1, -0.05) is 6.92 Å². The summed E-state index contributed by atoms with van der Waals surface area (Å²) in [6, 6.07) is 0. The van der Waals surface area contributed by atoms with Gasteiger partial charge in [-0.3, -0.25) is 0 Å². The highest BCUT2D eigenvalue weighted by molar-refractivity contribution is 6.62. The maximum absolute atomic E-state index is 6.00. The predicted molar refractivity (Wildman–Crippen MR) is 75.6 cm³/mol. The van der Waals surface area contributed by atoms with Crippen molar-refractivity contribution in [1.29, 1.82) is 0 Å². The summed E-state index contributed by atoms with van der Waals surface area (Å²) in [4.78, 5) is 3.29. The lowest BCUT2D eigenvalue weighted by Crippen LogP contribution is -2.54. The van der Waals surface area contributed by atoms with Crippen molar-refractivity contribution in [2.24, 2.45) is 7.05 Å². The van der Waals surface area contributed by atoms with Crippen molar-refractivity contribution in [2.75, 3.05) is 19.8 Å². The minimum absolute atomic E-state index is 0.132. The van der Waals surface area contributed by atoms with Crippen LogP contribution in [0.1, 0.15) is 45.5 Å². The maximum Gasteiger partial charge on any atom is 0.516 e. The molecule has 19 heavy (non-hydrogen) atoms. The molecule has 0 aliphatic carbocycles. The van der Waals surface area contributed by atoms with Crippen molar-refractivity contribution in [3.63, 3.8) is 0 Å². The molecule has 0 fully saturated rings. The zero-order valence-electron chi connectivity index (χ0n) is 12.7. The van der Waals surface area contributed by atoms with Crippen molar-refractivity contribution in [1.82, 2.24) is 4.98 Å². The molecule has 1 atom stereocenters. The van der Waals surface area contributed by atoms with Gasteiger partial charge in [0.2, 0.25) is 0 Å². The lowest BCUT2D eigenvalue weighted by molar-refractivity contribution is -0.678. The molecule has 1 N–H and O–H groups in total. The van der Waals surface area contributed by atoms with Gasteiger partial charge in [0, 0.05) is 19.8 Å². The van der Waals surface area contributed by atoms with E-state index >= 15 is 0 Å². The molecule has 0 aliphatic rings. The first-order valence-electron chi connectivity index (χ1n) is 7.09. The third kappa shape index (κ3) is 3.66. The van der Waals surface area contributed by atoms with Gasteiger partial charge in [0.25, 0.3) is 5.82 Å². The Morgan fingerprint density at radius 2 is 1.63 bits per heavy atom. The average molecular weight is 287 g/mol. The smallest absolute Gasteiger partial charge is 0.373 e. The summed E-state index contributed by atoms with van der Waals surface area (Å²) in [6.07, 6.45) is 4.85. The highest BCUT2D eigenvalue weighted by Crippen LogP contribution is 2.30. The number of nitrogens with one attached hydrogen (secondary N) is 1. The van der Waals surface area contributed by atoms with Crippen molar-refractivity contribution in [3.05, 3.63) is 18.2 Å². The van der Waals surface area contributed by atoms with Gasteiger partial charge < -0.3 is 13.3 Å². The molecule has 0 bridgehead atoms. The Bertz CT molecular complexity index is 354. The number of nitrogens with zero attached hydrogens (tertiary/aromatic N) is 1. The molecular formula is C13H27N2O3Si+. The second kappa shape index (κ2) is 7.79. The summed E-state index contributed by atoms with van der Waals surface area (Å²) in [5, 5.41) is 0. The van der Waals surface area contributed by atoms with Crippen molar-refractivity contribution < 1.29 is 17.8 Å². The van der Waals surface area contributed by atoms with Gasteiger partial charge in [0.1, 0.15) is 17.9 Å². The van der Waals surface area contributed by atoms with Gasteiger partial charge in [0.15, 0.2) is 0 Å². The fraction of sp³-hybridized carbons (Fsp3) is 0.769. The Balaban J connectivity index is 3.14. The molecule has 0 aromatic carbocycles. The molecule has 1 aromatic heterocycles. The van der Waals surface area contributed by atoms with Gasteiger partial charge >= 0.3 is 8.80 Å². The second-order valence-electron chi connectivity index (χ2n) is 4.32. The minimum Gasteiger partial charge on any atom is -0.373 e. The standard InChI is InChI=1S/C13H26N2O3Si/c1-6-12(13-14-10-11-15(13)5)19(16-7-2,17-8-3)18-9-4/h10-12H,6-9H2,1-5H3/p+1. The summed E-state index contributed by atoms with van der Waals surface area (Å²) in [5.74, 6) is 1.10. The molecule has 0 radical (unpaired) electrons. The number of H-pyrrole nitrogens is 1. The normalized spacial score (nSPS) is 13.7. The Hall–Kier alpha value is -0.693. The molecule has 1 heterocycles. The summed E-state index contributed by atoms with van der Waals surface area (Å²) >= 11 is 0. The molecule has 1 unspecified atom stereocenters. The van der Waals surface area contributed by atoms with Crippen LogP contribution >= 0.6 is 0 Å². The van der Waals surface area contributed by atoms with Crippen molar-refractivity contribution >= 4 is 8.80 Å². The summed E-state index contributed by atoms with van der Waals surface area (Å²) < 4.78 is 20.1. The van der Waals surface area contributed by atoms with Crippen LogP contribution in [0.3, 0.4) is 0 Å². The van der Waals surface area contributed by atoms with Crippen LogP contribution < -0.4 is 4.57 Å². The minimum atomic E-state index is -2.71. The molecule has 0 saturated carbocycles. The molecule has 6 heteroatoms. The van der Waals surface area contributed by atoms with E-state index in [0.717, 1.165) is 12.2 Å². The Labute approximate surface area is 117 Å². The van der Waals surface area contributed by atoms with E-state index < -0.39 is 8.80 Å². The third-order valence-electron chi connectivity index (χ3n) is 3.11. The largest absolute Gasteiger partial charge is 0.516 e. The van der Waals surface area contributed by atoms with Crippen LogP contribution in [0.5, 0.6) is 0 Å². The number of aromatic nitrogens is 2. The molecule has 1 rings (SSSR count). The zero-order valence-corrected chi connectivity index (χ0v) is 13.7. The van der Waals surface area contributed by atoms with Crippen LogP contribution in [0.25, 0.3) is 0 Å². The van der Waals surface area contributed by atoms with E-state index in [4.69, 9.17) is 13.3 Å². The number of rotatable bonds is 9. The van der Waals surface area contributed by atoms with E-state index in [0.29, 0.717) is 19.8 Å². The Kier molecular flexibility index (Phi) is 6.71. The van der Waals surface area contributed by atoms with Gasteiger partial charge in [0.05, 0.1) is 7.05 Å². The highest BCUT2D eigenvalue weighted by Gasteiger charge is 2.53. The number of aromatic amines is 1. The van der Waals surface area contributed by atoms with Crippen LogP contribution in [0, 0.1) is 0 Å². The molecule has 110 valence electrons. The second-order valence-corrected chi connectivity index (χ2v) is 7.09. The zero-order chi connectivity index (χ0) is 14.3. The molecule has 1 aromatic rings. The quantitative estimate of drug-likeness (QED) is 0.557. The fourth-order valence-corrected chi connectivity index (χ4v) is 5.59.